The molecule has 1 aliphatic heterocycles. The quantitative estimate of drug-likeness (QED) is 0.862. The lowest BCUT2D eigenvalue weighted by molar-refractivity contribution is 0.0215. The van der Waals surface area contributed by atoms with Crippen LogP contribution in [0.3, 0.4) is 0 Å². The summed E-state index contributed by atoms with van der Waals surface area (Å²) in [4.78, 5) is 15.8. The molecule has 0 amide bonds. The summed E-state index contributed by atoms with van der Waals surface area (Å²) in [6.45, 7) is 2.54. The molecule has 1 aliphatic rings. The Bertz CT molecular complexity index is 623. The molecule has 1 saturated heterocycles. The predicted molar refractivity (Wildman–Crippen MR) is 72.8 cm³/mol. The van der Waals surface area contributed by atoms with Gasteiger partial charge in [-0.25, -0.2) is 0 Å². The molecule has 0 radical (unpaired) electrons. The number of H-pyrrole nitrogens is 1. The first-order valence-electron chi connectivity index (χ1n) is 6.48. The number of carbonyl (C=O) groups is 1. The van der Waals surface area contributed by atoms with Crippen molar-refractivity contribution in [2.24, 2.45) is 0 Å². The van der Waals surface area contributed by atoms with Gasteiger partial charge in [0.15, 0.2) is 5.78 Å². The van der Waals surface area contributed by atoms with Gasteiger partial charge in [-0.15, -0.1) is 0 Å². The fourth-order valence-corrected chi connectivity index (χ4v) is 2.66. The Morgan fingerprint density at radius 1 is 1.47 bits per heavy atom. The Balaban J connectivity index is 2.07. The Kier molecular flexibility index (Phi) is 2.82. The summed E-state index contributed by atoms with van der Waals surface area (Å²) in [5.74, 6) is 0.795. The minimum absolute atomic E-state index is 0.0458. The number of fused-ring (bicyclic) bond motifs is 1. The van der Waals surface area contributed by atoms with E-state index in [1.165, 1.54) is 0 Å². The van der Waals surface area contributed by atoms with E-state index >= 15 is 0 Å². The summed E-state index contributed by atoms with van der Waals surface area (Å²) in [6.07, 6.45) is 3.48. The zero-order valence-corrected chi connectivity index (χ0v) is 11.2. The first-order chi connectivity index (χ1) is 9.14. The van der Waals surface area contributed by atoms with Gasteiger partial charge in [-0.2, -0.15) is 0 Å². The lowest BCUT2D eigenvalue weighted by Crippen LogP contribution is -2.34. The highest BCUT2D eigenvalue weighted by atomic mass is 16.5. The number of nitrogens with one attached hydrogen (secondary N) is 1. The summed E-state index contributed by atoms with van der Waals surface area (Å²) in [5.41, 5.74) is 0.933. The summed E-state index contributed by atoms with van der Waals surface area (Å²) in [5, 5.41) is 0.890. The van der Waals surface area contributed by atoms with E-state index in [0.717, 1.165) is 29.5 Å². The maximum absolute atomic E-state index is 12.7. The van der Waals surface area contributed by atoms with Crippen LogP contribution < -0.4 is 4.74 Å². The van der Waals surface area contributed by atoms with Crippen LogP contribution in [0.25, 0.3) is 10.9 Å². The second kappa shape index (κ2) is 4.38. The number of carbonyl (C=O) groups excluding carboxylic acids is 1. The number of hydrogen-bond donors (Lipinski definition) is 1. The van der Waals surface area contributed by atoms with E-state index < -0.39 is 5.60 Å². The van der Waals surface area contributed by atoms with Crippen LogP contribution in [0.2, 0.25) is 0 Å². The molecule has 1 N–H and O–H groups in total. The van der Waals surface area contributed by atoms with E-state index in [1.807, 2.05) is 25.1 Å². The molecule has 100 valence electrons. The molecule has 1 fully saturated rings. The van der Waals surface area contributed by atoms with Crippen LogP contribution in [0.5, 0.6) is 5.75 Å². The van der Waals surface area contributed by atoms with Crippen LogP contribution in [0.1, 0.15) is 30.1 Å². The lowest BCUT2D eigenvalue weighted by atomic mass is 9.92. The van der Waals surface area contributed by atoms with Gasteiger partial charge in [0.05, 0.1) is 7.11 Å². The van der Waals surface area contributed by atoms with Crippen molar-refractivity contribution in [2.75, 3.05) is 13.7 Å². The standard InChI is InChI=1S/C15H17NO3/c1-15(6-3-7-19-15)14(17)12-9-16-13-5-4-10(18-2)8-11(12)13/h4-5,8-9,16H,3,6-7H2,1-2H3. The van der Waals surface area contributed by atoms with Crippen LogP contribution >= 0.6 is 0 Å². The number of aromatic amines is 1. The summed E-state index contributed by atoms with van der Waals surface area (Å²) < 4.78 is 10.9. The summed E-state index contributed by atoms with van der Waals surface area (Å²) in [6, 6.07) is 5.68. The highest BCUT2D eigenvalue weighted by Crippen LogP contribution is 2.32. The van der Waals surface area contributed by atoms with Crippen molar-refractivity contribution < 1.29 is 14.3 Å². The van der Waals surface area contributed by atoms with Gasteiger partial charge in [0.25, 0.3) is 0 Å². The van der Waals surface area contributed by atoms with Gasteiger partial charge in [0.2, 0.25) is 0 Å². The average Bonchev–Trinajstić information content (AvgIpc) is 3.04. The molecule has 0 aliphatic carbocycles. The highest BCUT2D eigenvalue weighted by molar-refractivity contribution is 6.12. The molecule has 0 spiro atoms. The number of ketones is 1. The summed E-state index contributed by atoms with van der Waals surface area (Å²) >= 11 is 0. The monoisotopic (exact) mass is 259 g/mol. The second-order valence-corrected chi connectivity index (χ2v) is 5.13. The number of aromatic nitrogens is 1. The number of rotatable bonds is 3. The zero-order valence-electron chi connectivity index (χ0n) is 11.2. The van der Waals surface area contributed by atoms with Crippen LogP contribution in [0.15, 0.2) is 24.4 Å². The fourth-order valence-electron chi connectivity index (χ4n) is 2.66. The van der Waals surface area contributed by atoms with E-state index in [0.29, 0.717) is 12.2 Å². The topological polar surface area (TPSA) is 51.3 Å². The lowest BCUT2D eigenvalue weighted by Gasteiger charge is -2.20. The van der Waals surface area contributed by atoms with E-state index in [4.69, 9.17) is 9.47 Å². The third-order valence-electron chi connectivity index (χ3n) is 3.83. The molecule has 0 bridgehead atoms. The maximum atomic E-state index is 12.7. The SMILES string of the molecule is COc1ccc2[nH]cc(C(=O)C3(C)CCCO3)c2c1. The molecule has 4 heteroatoms. The van der Waals surface area contributed by atoms with E-state index in [9.17, 15) is 4.79 Å². The van der Waals surface area contributed by atoms with E-state index in [1.54, 1.807) is 13.3 Å². The smallest absolute Gasteiger partial charge is 0.196 e. The van der Waals surface area contributed by atoms with Crippen molar-refractivity contribution >= 4 is 16.7 Å². The Hall–Kier alpha value is -1.81. The largest absolute Gasteiger partial charge is 0.497 e. The number of benzene rings is 1. The third-order valence-corrected chi connectivity index (χ3v) is 3.83. The van der Waals surface area contributed by atoms with Crippen LogP contribution in [-0.2, 0) is 4.74 Å². The number of Topliss-reactive ketones (excluding diaryl/α,β-unsaturated/α-hetero) is 1. The van der Waals surface area contributed by atoms with Crippen molar-refractivity contribution in [2.45, 2.75) is 25.4 Å². The molecule has 4 nitrogen and oxygen atoms in total. The van der Waals surface area contributed by atoms with Gasteiger partial charge in [0.1, 0.15) is 11.4 Å². The maximum Gasteiger partial charge on any atom is 0.196 e. The Labute approximate surface area is 111 Å². The van der Waals surface area contributed by atoms with Crippen LogP contribution in [0, 0.1) is 0 Å². The Morgan fingerprint density at radius 2 is 2.32 bits per heavy atom. The van der Waals surface area contributed by atoms with Crippen LogP contribution in [-0.4, -0.2) is 30.1 Å². The minimum Gasteiger partial charge on any atom is -0.497 e. The molecule has 0 saturated carbocycles. The zero-order chi connectivity index (χ0) is 13.5. The molecular weight excluding hydrogens is 242 g/mol. The van der Waals surface area contributed by atoms with Gasteiger partial charge in [0, 0.05) is 29.3 Å². The van der Waals surface area contributed by atoms with Gasteiger partial charge < -0.3 is 14.5 Å². The van der Waals surface area contributed by atoms with Crippen molar-refractivity contribution in [3.63, 3.8) is 0 Å². The molecule has 3 rings (SSSR count). The normalized spacial score (nSPS) is 22.8. The molecule has 2 heterocycles. The van der Waals surface area contributed by atoms with E-state index in [2.05, 4.69) is 4.98 Å². The van der Waals surface area contributed by atoms with Crippen molar-refractivity contribution in [3.8, 4) is 5.75 Å². The Morgan fingerprint density at radius 3 is 3.00 bits per heavy atom. The predicted octanol–water partition coefficient (Wildman–Crippen LogP) is 2.93. The highest BCUT2D eigenvalue weighted by Gasteiger charge is 2.39. The molecule has 2 aromatic rings. The minimum atomic E-state index is -0.682. The molecular formula is C15H17NO3. The molecule has 1 atom stereocenters. The number of hydrogen-bond acceptors (Lipinski definition) is 3. The van der Waals surface area contributed by atoms with Gasteiger partial charge in [-0.1, -0.05) is 0 Å². The fraction of sp³-hybridized carbons (Fsp3) is 0.400. The molecule has 1 aromatic carbocycles. The molecule has 1 unspecified atom stereocenters. The first-order valence-corrected chi connectivity index (χ1v) is 6.48. The average molecular weight is 259 g/mol. The second-order valence-electron chi connectivity index (χ2n) is 5.13. The van der Waals surface area contributed by atoms with Crippen molar-refractivity contribution in [1.29, 1.82) is 0 Å². The van der Waals surface area contributed by atoms with Gasteiger partial charge >= 0.3 is 0 Å². The van der Waals surface area contributed by atoms with Gasteiger partial charge in [-0.3, -0.25) is 4.79 Å². The first kappa shape index (κ1) is 12.2. The number of ether oxygens (including phenoxy) is 2. The number of methoxy groups -OCH3 is 1. The van der Waals surface area contributed by atoms with Crippen LogP contribution in [0.4, 0.5) is 0 Å². The van der Waals surface area contributed by atoms with Gasteiger partial charge in [-0.05, 0) is 38.0 Å². The molecule has 19 heavy (non-hydrogen) atoms. The third kappa shape index (κ3) is 1.92. The van der Waals surface area contributed by atoms with Crippen molar-refractivity contribution in [1.82, 2.24) is 4.98 Å². The molecule has 1 aromatic heterocycles. The van der Waals surface area contributed by atoms with Crippen molar-refractivity contribution in [3.05, 3.63) is 30.0 Å². The van der Waals surface area contributed by atoms with E-state index in [-0.39, 0.29) is 5.78 Å². The summed E-state index contributed by atoms with van der Waals surface area (Å²) in [7, 11) is 1.62.